The van der Waals surface area contributed by atoms with Crippen molar-refractivity contribution in [2.75, 3.05) is 31.5 Å². The van der Waals surface area contributed by atoms with E-state index in [1.165, 1.54) is 5.69 Å². The molecule has 6 nitrogen and oxygen atoms in total. The van der Waals surface area contributed by atoms with Gasteiger partial charge in [0.25, 0.3) is 5.78 Å². The fourth-order valence-corrected chi connectivity index (χ4v) is 2.92. The highest BCUT2D eigenvalue weighted by atomic mass is 15.4. The molecule has 2 heterocycles. The van der Waals surface area contributed by atoms with E-state index < -0.39 is 0 Å². The van der Waals surface area contributed by atoms with Crippen LogP contribution in [-0.2, 0) is 12.8 Å². The molecule has 0 atom stereocenters. The summed E-state index contributed by atoms with van der Waals surface area (Å²) in [7, 11) is 0. The predicted octanol–water partition coefficient (Wildman–Crippen LogP) is 3.17. The van der Waals surface area contributed by atoms with Crippen molar-refractivity contribution in [3.05, 3.63) is 17.5 Å². The van der Waals surface area contributed by atoms with Crippen LogP contribution in [0.15, 0.2) is 6.07 Å². The molecule has 0 fully saturated rings. The van der Waals surface area contributed by atoms with E-state index in [1.54, 1.807) is 0 Å². The number of anilines is 1. The van der Waals surface area contributed by atoms with Gasteiger partial charge in [-0.05, 0) is 45.0 Å². The third-order valence-electron chi connectivity index (χ3n) is 4.28. The van der Waals surface area contributed by atoms with Crippen molar-refractivity contribution in [2.45, 2.75) is 59.8 Å². The molecule has 0 bridgehead atoms. The maximum Gasteiger partial charge on any atom is 0.254 e. The van der Waals surface area contributed by atoms with E-state index in [4.69, 9.17) is 0 Å². The molecule has 0 aliphatic carbocycles. The Kier molecular flexibility index (Phi) is 7.43. The zero-order chi connectivity index (χ0) is 17.4. The van der Waals surface area contributed by atoms with Gasteiger partial charge in [0.2, 0.25) is 5.95 Å². The van der Waals surface area contributed by atoms with Crippen LogP contribution < -0.4 is 5.32 Å². The standard InChI is InChI=1S/C18H32N6/c1-5-10-15-14-16(11-6-2)24-18(20-15)21-17(22-24)19-12-9-13-23(7-3)8-4/h14H,5-13H2,1-4H3,(H,19,22). The van der Waals surface area contributed by atoms with Crippen LogP contribution in [0.5, 0.6) is 0 Å². The Morgan fingerprint density at radius 2 is 1.79 bits per heavy atom. The summed E-state index contributed by atoms with van der Waals surface area (Å²) in [5.74, 6) is 1.41. The molecule has 24 heavy (non-hydrogen) atoms. The fraction of sp³-hybridized carbons (Fsp3) is 0.722. The number of fused-ring (bicyclic) bond motifs is 1. The molecule has 0 radical (unpaired) electrons. The van der Waals surface area contributed by atoms with Gasteiger partial charge in [0.05, 0.1) is 0 Å². The SMILES string of the molecule is CCCc1cc(CCC)n2nc(NCCCN(CC)CC)nc2n1. The first kappa shape index (κ1) is 18.6. The predicted molar refractivity (Wildman–Crippen MR) is 99.7 cm³/mol. The fourth-order valence-electron chi connectivity index (χ4n) is 2.92. The van der Waals surface area contributed by atoms with Gasteiger partial charge in [-0.1, -0.05) is 40.5 Å². The van der Waals surface area contributed by atoms with Crippen LogP contribution in [0.3, 0.4) is 0 Å². The average molecular weight is 332 g/mol. The summed E-state index contributed by atoms with van der Waals surface area (Å²) >= 11 is 0. The van der Waals surface area contributed by atoms with E-state index in [1.807, 2.05) is 4.52 Å². The van der Waals surface area contributed by atoms with E-state index in [2.05, 4.69) is 59.0 Å². The Morgan fingerprint density at radius 3 is 2.46 bits per heavy atom. The number of rotatable bonds is 11. The Morgan fingerprint density at radius 1 is 1.04 bits per heavy atom. The monoisotopic (exact) mass is 332 g/mol. The lowest BCUT2D eigenvalue weighted by atomic mass is 10.2. The van der Waals surface area contributed by atoms with Gasteiger partial charge in [0, 0.05) is 17.9 Å². The third-order valence-corrected chi connectivity index (χ3v) is 4.28. The summed E-state index contributed by atoms with van der Waals surface area (Å²) in [5.41, 5.74) is 2.32. The quantitative estimate of drug-likeness (QED) is 0.641. The summed E-state index contributed by atoms with van der Waals surface area (Å²) < 4.78 is 1.90. The molecule has 0 saturated heterocycles. The lowest BCUT2D eigenvalue weighted by Crippen LogP contribution is -2.25. The van der Waals surface area contributed by atoms with Crippen LogP contribution in [0.25, 0.3) is 5.78 Å². The van der Waals surface area contributed by atoms with Crippen LogP contribution in [0.1, 0.15) is 58.3 Å². The van der Waals surface area contributed by atoms with Crippen molar-refractivity contribution in [3.8, 4) is 0 Å². The highest BCUT2D eigenvalue weighted by molar-refractivity contribution is 5.39. The lowest BCUT2D eigenvalue weighted by Gasteiger charge is -2.17. The maximum atomic E-state index is 4.65. The van der Waals surface area contributed by atoms with E-state index in [-0.39, 0.29) is 0 Å². The second-order valence-corrected chi connectivity index (χ2v) is 6.19. The van der Waals surface area contributed by atoms with Gasteiger partial charge in [0.15, 0.2) is 0 Å². The molecule has 2 aromatic rings. The Balaban J connectivity index is 2.05. The van der Waals surface area contributed by atoms with E-state index in [9.17, 15) is 0 Å². The van der Waals surface area contributed by atoms with Crippen molar-refractivity contribution in [3.63, 3.8) is 0 Å². The highest BCUT2D eigenvalue weighted by Crippen LogP contribution is 2.12. The molecule has 0 unspecified atom stereocenters. The van der Waals surface area contributed by atoms with Gasteiger partial charge < -0.3 is 10.2 Å². The molecule has 2 aromatic heterocycles. The highest BCUT2D eigenvalue weighted by Gasteiger charge is 2.10. The van der Waals surface area contributed by atoms with E-state index in [0.29, 0.717) is 5.95 Å². The van der Waals surface area contributed by atoms with E-state index >= 15 is 0 Å². The number of nitrogens with zero attached hydrogens (tertiary/aromatic N) is 5. The largest absolute Gasteiger partial charge is 0.353 e. The van der Waals surface area contributed by atoms with Crippen molar-refractivity contribution in [1.29, 1.82) is 0 Å². The molecule has 0 aliphatic heterocycles. The zero-order valence-corrected chi connectivity index (χ0v) is 15.7. The Hall–Kier alpha value is -1.69. The molecule has 0 saturated carbocycles. The molecule has 0 aliphatic rings. The first-order valence-electron chi connectivity index (χ1n) is 9.43. The molecular weight excluding hydrogens is 300 g/mol. The topological polar surface area (TPSA) is 58.4 Å². The van der Waals surface area contributed by atoms with Crippen molar-refractivity contribution in [2.24, 2.45) is 0 Å². The summed E-state index contributed by atoms with van der Waals surface area (Å²) in [5, 5.41) is 7.96. The number of nitrogens with one attached hydrogen (secondary N) is 1. The van der Waals surface area contributed by atoms with E-state index in [0.717, 1.165) is 69.8 Å². The van der Waals surface area contributed by atoms with Crippen LogP contribution >= 0.6 is 0 Å². The van der Waals surface area contributed by atoms with Crippen LogP contribution in [0.4, 0.5) is 5.95 Å². The van der Waals surface area contributed by atoms with Crippen LogP contribution in [-0.4, -0.2) is 50.7 Å². The maximum absolute atomic E-state index is 4.65. The van der Waals surface area contributed by atoms with Gasteiger partial charge >= 0.3 is 0 Å². The van der Waals surface area contributed by atoms with Crippen molar-refractivity contribution in [1.82, 2.24) is 24.5 Å². The molecule has 0 aromatic carbocycles. The average Bonchev–Trinajstić information content (AvgIpc) is 2.99. The lowest BCUT2D eigenvalue weighted by molar-refractivity contribution is 0.303. The summed E-state index contributed by atoms with van der Waals surface area (Å²) in [6.07, 6.45) is 5.28. The van der Waals surface area contributed by atoms with Crippen molar-refractivity contribution >= 4 is 11.7 Å². The van der Waals surface area contributed by atoms with Gasteiger partial charge in [-0.3, -0.25) is 0 Å². The number of aryl methyl sites for hydroxylation is 2. The van der Waals surface area contributed by atoms with Gasteiger partial charge in [-0.2, -0.15) is 9.50 Å². The molecule has 0 spiro atoms. The van der Waals surface area contributed by atoms with Gasteiger partial charge in [-0.25, -0.2) is 4.98 Å². The number of hydrogen-bond donors (Lipinski definition) is 1. The molecular formula is C18H32N6. The summed E-state index contributed by atoms with van der Waals surface area (Å²) in [6, 6.07) is 2.18. The molecule has 134 valence electrons. The summed E-state index contributed by atoms with van der Waals surface area (Å²) in [4.78, 5) is 11.7. The summed E-state index contributed by atoms with van der Waals surface area (Å²) in [6.45, 7) is 13.0. The van der Waals surface area contributed by atoms with Crippen LogP contribution in [0, 0.1) is 0 Å². The van der Waals surface area contributed by atoms with Crippen LogP contribution in [0.2, 0.25) is 0 Å². The third kappa shape index (κ3) is 4.90. The van der Waals surface area contributed by atoms with Gasteiger partial charge in [0.1, 0.15) is 0 Å². The smallest absolute Gasteiger partial charge is 0.254 e. The number of aromatic nitrogens is 4. The minimum absolute atomic E-state index is 0.688. The molecule has 2 rings (SSSR count). The van der Waals surface area contributed by atoms with Crippen molar-refractivity contribution < 1.29 is 0 Å². The minimum Gasteiger partial charge on any atom is -0.353 e. The normalized spacial score (nSPS) is 11.5. The first-order valence-corrected chi connectivity index (χ1v) is 9.43. The second kappa shape index (κ2) is 9.57. The Bertz CT molecular complexity index is 617. The first-order chi connectivity index (χ1) is 11.7. The molecule has 0 amide bonds. The second-order valence-electron chi connectivity index (χ2n) is 6.19. The zero-order valence-electron chi connectivity index (χ0n) is 15.7. The molecule has 1 N–H and O–H groups in total. The Labute approximate surface area is 145 Å². The van der Waals surface area contributed by atoms with Gasteiger partial charge in [-0.15, -0.1) is 5.10 Å². The molecule has 6 heteroatoms. The number of hydrogen-bond acceptors (Lipinski definition) is 5. The minimum atomic E-state index is 0.688.